The number of nitrogen functional groups attached to an aromatic ring is 2. The van der Waals surface area contributed by atoms with E-state index >= 15 is 0 Å². The van der Waals surface area contributed by atoms with Crippen LogP contribution >= 0.6 is 11.6 Å². The number of halogens is 1. The van der Waals surface area contributed by atoms with Crippen LogP contribution in [0.4, 0.5) is 17.5 Å². The summed E-state index contributed by atoms with van der Waals surface area (Å²) in [5.74, 6) is 0.617. The minimum Gasteiger partial charge on any atom is -0.393 e. The molecule has 0 saturated heterocycles. The van der Waals surface area contributed by atoms with Gasteiger partial charge in [-0.3, -0.25) is 0 Å². The Kier molecular flexibility index (Phi) is 3.77. The summed E-state index contributed by atoms with van der Waals surface area (Å²) in [4.78, 5) is 7.83. The number of ether oxygens (including phenoxy) is 1. The van der Waals surface area contributed by atoms with Gasteiger partial charge in [0.25, 0.3) is 0 Å². The fourth-order valence-corrected chi connectivity index (χ4v) is 2.12. The highest BCUT2D eigenvalue weighted by Gasteiger charge is 2.31. The van der Waals surface area contributed by atoms with Crippen LogP contribution in [0.5, 0.6) is 0 Å². The van der Waals surface area contributed by atoms with E-state index in [1.165, 1.54) is 0 Å². The molecule has 0 atom stereocenters. The Bertz CT molecular complexity index is 434. The number of nitrogens with zero attached hydrogens (tertiary/aromatic N) is 2. The van der Waals surface area contributed by atoms with Crippen LogP contribution in [0.1, 0.15) is 26.7 Å². The summed E-state index contributed by atoms with van der Waals surface area (Å²) in [5.41, 5.74) is 11.6. The standard InChI is InChI=1S/C11H18ClN5O/c1-5(2)18-7-3-6(4-7)15-10-8(13)9(12)16-11(14)17-10/h5-7H,3-4,13H2,1-2H3,(H3,14,15,16,17). The van der Waals surface area contributed by atoms with E-state index in [4.69, 9.17) is 27.8 Å². The summed E-state index contributed by atoms with van der Waals surface area (Å²) in [5, 5.41) is 3.39. The van der Waals surface area contributed by atoms with E-state index in [9.17, 15) is 0 Å². The summed E-state index contributed by atoms with van der Waals surface area (Å²) in [6.07, 6.45) is 2.42. The Hall–Kier alpha value is -1.27. The highest BCUT2D eigenvalue weighted by molar-refractivity contribution is 6.32. The normalized spacial score (nSPS) is 22.9. The first-order valence-corrected chi connectivity index (χ1v) is 6.34. The number of rotatable bonds is 4. The molecule has 18 heavy (non-hydrogen) atoms. The molecule has 0 amide bonds. The third-order valence-electron chi connectivity index (χ3n) is 2.82. The molecule has 1 heterocycles. The smallest absolute Gasteiger partial charge is 0.223 e. The molecule has 5 N–H and O–H groups in total. The van der Waals surface area contributed by atoms with Gasteiger partial charge in [-0.05, 0) is 26.7 Å². The van der Waals surface area contributed by atoms with Crippen molar-refractivity contribution in [3.63, 3.8) is 0 Å². The van der Waals surface area contributed by atoms with Gasteiger partial charge < -0.3 is 21.5 Å². The van der Waals surface area contributed by atoms with Crippen molar-refractivity contribution in [2.24, 2.45) is 0 Å². The van der Waals surface area contributed by atoms with Gasteiger partial charge in [-0.1, -0.05) is 11.6 Å². The molecule has 1 aromatic heterocycles. The molecule has 1 saturated carbocycles. The third-order valence-corrected chi connectivity index (χ3v) is 3.10. The van der Waals surface area contributed by atoms with Gasteiger partial charge in [-0.2, -0.15) is 9.97 Å². The van der Waals surface area contributed by atoms with Crippen LogP contribution in [-0.4, -0.2) is 28.2 Å². The first kappa shape index (κ1) is 13.2. The van der Waals surface area contributed by atoms with E-state index in [1.54, 1.807) is 0 Å². The largest absolute Gasteiger partial charge is 0.393 e. The second-order valence-electron chi connectivity index (χ2n) is 4.75. The van der Waals surface area contributed by atoms with Gasteiger partial charge in [0.15, 0.2) is 11.0 Å². The van der Waals surface area contributed by atoms with Crippen LogP contribution in [0.2, 0.25) is 5.15 Å². The zero-order valence-corrected chi connectivity index (χ0v) is 11.2. The molecule has 6 nitrogen and oxygen atoms in total. The Balaban J connectivity index is 1.92. The van der Waals surface area contributed by atoms with Gasteiger partial charge in [-0.15, -0.1) is 0 Å². The van der Waals surface area contributed by atoms with Crippen LogP contribution in [0.3, 0.4) is 0 Å². The zero-order chi connectivity index (χ0) is 13.3. The number of aromatic nitrogens is 2. The van der Waals surface area contributed by atoms with Crippen molar-refractivity contribution in [2.75, 3.05) is 16.8 Å². The maximum Gasteiger partial charge on any atom is 0.223 e. The quantitative estimate of drug-likeness (QED) is 0.721. The van der Waals surface area contributed by atoms with E-state index in [1.807, 2.05) is 13.8 Å². The summed E-state index contributed by atoms with van der Waals surface area (Å²) >= 11 is 5.84. The molecule has 0 aromatic carbocycles. The molecule has 1 aliphatic carbocycles. The lowest BCUT2D eigenvalue weighted by atomic mass is 9.89. The number of hydrogen-bond acceptors (Lipinski definition) is 6. The van der Waals surface area contributed by atoms with Crippen molar-refractivity contribution in [1.82, 2.24) is 9.97 Å². The van der Waals surface area contributed by atoms with Crippen molar-refractivity contribution < 1.29 is 4.74 Å². The third kappa shape index (κ3) is 2.94. The van der Waals surface area contributed by atoms with E-state index in [0.717, 1.165) is 12.8 Å². The van der Waals surface area contributed by atoms with Crippen LogP contribution in [0, 0.1) is 0 Å². The molecule has 2 rings (SSSR count). The highest BCUT2D eigenvalue weighted by atomic mass is 35.5. The van der Waals surface area contributed by atoms with Gasteiger partial charge in [0.05, 0.1) is 12.2 Å². The lowest BCUT2D eigenvalue weighted by molar-refractivity contribution is -0.0400. The maximum atomic E-state index is 5.84. The van der Waals surface area contributed by atoms with Gasteiger partial charge in [0, 0.05) is 6.04 Å². The molecular weight excluding hydrogens is 254 g/mol. The van der Waals surface area contributed by atoms with Crippen molar-refractivity contribution >= 4 is 29.1 Å². The molecule has 0 bridgehead atoms. The SMILES string of the molecule is CC(C)OC1CC(Nc2nc(N)nc(Cl)c2N)C1. The Morgan fingerprint density at radius 2 is 2.00 bits per heavy atom. The maximum absolute atomic E-state index is 5.84. The van der Waals surface area contributed by atoms with Gasteiger partial charge in [0.2, 0.25) is 5.95 Å². The second-order valence-corrected chi connectivity index (χ2v) is 5.11. The van der Waals surface area contributed by atoms with E-state index in [0.29, 0.717) is 23.7 Å². The summed E-state index contributed by atoms with van der Waals surface area (Å²) in [7, 11) is 0. The summed E-state index contributed by atoms with van der Waals surface area (Å²) in [6, 6.07) is 0.293. The molecule has 0 radical (unpaired) electrons. The second kappa shape index (κ2) is 5.16. The van der Waals surface area contributed by atoms with Crippen LogP contribution < -0.4 is 16.8 Å². The van der Waals surface area contributed by atoms with Crippen LogP contribution in [-0.2, 0) is 4.74 Å². The first-order chi connectivity index (χ1) is 8.45. The van der Waals surface area contributed by atoms with Gasteiger partial charge in [-0.25, -0.2) is 0 Å². The average Bonchev–Trinajstić information content (AvgIpc) is 2.21. The Morgan fingerprint density at radius 1 is 1.33 bits per heavy atom. The minimum absolute atomic E-state index is 0.117. The lowest BCUT2D eigenvalue weighted by Crippen LogP contribution is -2.42. The molecule has 1 fully saturated rings. The fraction of sp³-hybridized carbons (Fsp3) is 0.636. The molecular formula is C11H18ClN5O. The molecule has 100 valence electrons. The van der Waals surface area contributed by atoms with Crippen molar-refractivity contribution in [1.29, 1.82) is 0 Å². The van der Waals surface area contributed by atoms with Crippen LogP contribution in [0.25, 0.3) is 0 Å². The molecule has 7 heteroatoms. The Labute approximate surface area is 111 Å². The molecule has 0 aliphatic heterocycles. The van der Waals surface area contributed by atoms with E-state index in [-0.39, 0.29) is 17.2 Å². The molecule has 0 unspecified atom stereocenters. The van der Waals surface area contributed by atoms with Gasteiger partial charge >= 0.3 is 0 Å². The highest BCUT2D eigenvalue weighted by Crippen LogP contribution is 2.31. The monoisotopic (exact) mass is 271 g/mol. The van der Waals surface area contributed by atoms with E-state index < -0.39 is 0 Å². The minimum atomic E-state index is 0.117. The average molecular weight is 272 g/mol. The van der Waals surface area contributed by atoms with Crippen molar-refractivity contribution in [3.8, 4) is 0 Å². The number of anilines is 3. The lowest BCUT2D eigenvalue weighted by Gasteiger charge is -2.37. The zero-order valence-electron chi connectivity index (χ0n) is 10.5. The fourth-order valence-electron chi connectivity index (χ4n) is 1.94. The topological polar surface area (TPSA) is 99.1 Å². The predicted molar refractivity (Wildman–Crippen MR) is 72.5 cm³/mol. The first-order valence-electron chi connectivity index (χ1n) is 5.96. The molecule has 1 aromatic rings. The van der Waals surface area contributed by atoms with E-state index in [2.05, 4.69) is 15.3 Å². The van der Waals surface area contributed by atoms with Crippen LogP contribution in [0.15, 0.2) is 0 Å². The number of nitrogens with one attached hydrogen (secondary N) is 1. The predicted octanol–water partition coefficient (Wildman–Crippen LogP) is 1.66. The number of hydrogen-bond donors (Lipinski definition) is 3. The van der Waals surface area contributed by atoms with Crippen molar-refractivity contribution in [2.45, 2.75) is 44.9 Å². The molecule has 0 spiro atoms. The number of nitrogens with two attached hydrogens (primary N) is 2. The van der Waals surface area contributed by atoms with Gasteiger partial charge in [0.1, 0.15) is 5.69 Å². The summed E-state index contributed by atoms with van der Waals surface area (Å²) < 4.78 is 5.68. The Morgan fingerprint density at radius 3 is 2.61 bits per heavy atom. The summed E-state index contributed by atoms with van der Waals surface area (Å²) in [6.45, 7) is 4.06. The molecule has 1 aliphatic rings. The van der Waals surface area contributed by atoms with Crippen molar-refractivity contribution in [3.05, 3.63) is 5.15 Å².